The molecule has 1 N–H and O–H groups in total. The van der Waals surface area contributed by atoms with Crippen molar-refractivity contribution in [2.75, 3.05) is 13.1 Å². The molecule has 0 radical (unpaired) electrons. The van der Waals surface area contributed by atoms with E-state index >= 15 is 0 Å². The highest BCUT2D eigenvalue weighted by Gasteiger charge is 2.39. The van der Waals surface area contributed by atoms with Gasteiger partial charge in [0.05, 0.1) is 5.69 Å². The Kier molecular flexibility index (Phi) is 6.12. The third kappa shape index (κ3) is 4.44. The van der Waals surface area contributed by atoms with E-state index in [0.29, 0.717) is 38.0 Å². The van der Waals surface area contributed by atoms with Gasteiger partial charge < -0.3 is 14.3 Å². The molecule has 4 heterocycles. The zero-order valence-corrected chi connectivity index (χ0v) is 19.5. The maximum atomic E-state index is 13.0. The maximum absolute atomic E-state index is 13.0. The fraction of sp³-hybridized carbons (Fsp3) is 0.423. The first kappa shape index (κ1) is 22.8. The standard InChI is InChI=1S/C26H26N4O5/c1-2-18-14-22(35-28-18)26(34)29-12-10-16(11-13-29)6-7-17-4-3-5-19-20(17)15-30(25(19)33)21-8-9-23(31)27-24(21)32/h3-5,14,16,21H,2,8-13,15H2,1H3,(H,27,31,32). The largest absolute Gasteiger partial charge is 0.351 e. The lowest BCUT2D eigenvalue weighted by Gasteiger charge is -2.29. The van der Waals surface area contributed by atoms with Crippen molar-refractivity contribution in [1.82, 2.24) is 20.3 Å². The van der Waals surface area contributed by atoms with E-state index in [-0.39, 0.29) is 35.8 Å². The molecule has 0 saturated carbocycles. The quantitative estimate of drug-likeness (QED) is 0.537. The number of amides is 4. The van der Waals surface area contributed by atoms with Crippen molar-refractivity contribution in [3.8, 4) is 11.8 Å². The van der Waals surface area contributed by atoms with Crippen LogP contribution in [0.1, 0.15) is 70.3 Å². The molecule has 4 amide bonds. The second-order valence-corrected chi connectivity index (χ2v) is 9.10. The van der Waals surface area contributed by atoms with Crippen molar-refractivity contribution in [1.29, 1.82) is 0 Å². The van der Waals surface area contributed by atoms with Gasteiger partial charge in [-0.15, -0.1) is 0 Å². The third-order valence-corrected chi connectivity index (χ3v) is 6.91. The number of carbonyl (C=O) groups is 4. The minimum atomic E-state index is -0.645. The Balaban J connectivity index is 1.24. The highest BCUT2D eigenvalue weighted by molar-refractivity contribution is 6.05. The average molecular weight is 475 g/mol. The van der Waals surface area contributed by atoms with Gasteiger partial charge in [0.2, 0.25) is 17.6 Å². The van der Waals surface area contributed by atoms with E-state index < -0.39 is 11.9 Å². The summed E-state index contributed by atoms with van der Waals surface area (Å²) in [5.74, 6) is 5.91. The van der Waals surface area contributed by atoms with E-state index in [2.05, 4.69) is 22.3 Å². The second-order valence-electron chi connectivity index (χ2n) is 9.10. The minimum Gasteiger partial charge on any atom is -0.351 e. The number of imide groups is 1. The Morgan fingerprint density at radius 2 is 2.00 bits per heavy atom. The molecule has 180 valence electrons. The zero-order valence-electron chi connectivity index (χ0n) is 19.5. The average Bonchev–Trinajstić information content (AvgIpc) is 3.48. The molecule has 2 aromatic rings. The van der Waals surface area contributed by atoms with Crippen LogP contribution in [0, 0.1) is 17.8 Å². The molecule has 1 aromatic heterocycles. The van der Waals surface area contributed by atoms with E-state index in [1.165, 1.54) is 4.90 Å². The normalized spacial score (nSPS) is 20.4. The first-order chi connectivity index (χ1) is 16.9. The van der Waals surface area contributed by atoms with Gasteiger partial charge in [-0.05, 0) is 43.4 Å². The number of aryl methyl sites for hydroxylation is 1. The molecule has 35 heavy (non-hydrogen) atoms. The lowest BCUT2D eigenvalue weighted by Crippen LogP contribution is -2.52. The van der Waals surface area contributed by atoms with E-state index in [9.17, 15) is 19.2 Å². The summed E-state index contributed by atoms with van der Waals surface area (Å²) >= 11 is 0. The van der Waals surface area contributed by atoms with Crippen LogP contribution in [0.4, 0.5) is 0 Å². The Morgan fingerprint density at radius 1 is 1.20 bits per heavy atom. The molecule has 1 aromatic carbocycles. The molecule has 2 fully saturated rings. The zero-order chi connectivity index (χ0) is 24.5. The number of hydrogen-bond donors (Lipinski definition) is 1. The van der Waals surface area contributed by atoms with E-state index in [0.717, 1.165) is 29.7 Å². The lowest BCUT2D eigenvalue weighted by molar-refractivity contribution is -0.136. The number of fused-ring (bicyclic) bond motifs is 1. The van der Waals surface area contributed by atoms with Crippen molar-refractivity contribution in [2.45, 2.75) is 51.6 Å². The van der Waals surface area contributed by atoms with Crippen LogP contribution in [0.3, 0.4) is 0 Å². The monoisotopic (exact) mass is 474 g/mol. The van der Waals surface area contributed by atoms with Crippen molar-refractivity contribution >= 4 is 23.6 Å². The Labute approximate surface area is 202 Å². The molecule has 5 rings (SSSR count). The van der Waals surface area contributed by atoms with Crippen LogP contribution >= 0.6 is 0 Å². The van der Waals surface area contributed by atoms with E-state index in [1.807, 2.05) is 13.0 Å². The maximum Gasteiger partial charge on any atom is 0.292 e. The number of likely N-dealkylation sites (tertiary alicyclic amines) is 1. The topological polar surface area (TPSA) is 113 Å². The van der Waals surface area contributed by atoms with Crippen LogP contribution in [0.25, 0.3) is 0 Å². The molecule has 3 aliphatic heterocycles. The fourth-order valence-electron chi connectivity index (χ4n) is 4.84. The van der Waals surface area contributed by atoms with Crippen LogP contribution in [-0.4, -0.2) is 57.7 Å². The molecule has 9 heteroatoms. The van der Waals surface area contributed by atoms with Gasteiger partial charge in [0.1, 0.15) is 6.04 Å². The summed E-state index contributed by atoms with van der Waals surface area (Å²) in [4.78, 5) is 52.7. The Bertz CT molecular complexity index is 1260. The fourth-order valence-corrected chi connectivity index (χ4v) is 4.84. The molecular weight excluding hydrogens is 448 g/mol. The molecule has 0 spiro atoms. The molecular formula is C26H26N4O5. The number of hydrogen-bond acceptors (Lipinski definition) is 6. The predicted octanol–water partition coefficient (Wildman–Crippen LogP) is 1.90. The number of nitrogens with one attached hydrogen (secondary N) is 1. The van der Waals surface area contributed by atoms with Crippen LogP contribution in [0.5, 0.6) is 0 Å². The summed E-state index contributed by atoms with van der Waals surface area (Å²) in [6.07, 6.45) is 2.78. The SMILES string of the molecule is CCc1cc(C(=O)N2CCC(C#Cc3cccc4c3CN(C3CCC(=O)NC3=O)C4=O)CC2)on1. The number of aromatic nitrogens is 1. The van der Waals surface area contributed by atoms with Crippen LogP contribution in [0.2, 0.25) is 0 Å². The molecule has 1 unspecified atom stereocenters. The number of rotatable bonds is 3. The van der Waals surface area contributed by atoms with Crippen LogP contribution < -0.4 is 5.32 Å². The number of carbonyl (C=O) groups excluding carboxylic acids is 4. The lowest BCUT2D eigenvalue weighted by atomic mass is 9.96. The molecule has 1 atom stereocenters. The van der Waals surface area contributed by atoms with Crippen molar-refractivity contribution in [2.24, 2.45) is 5.92 Å². The third-order valence-electron chi connectivity index (χ3n) is 6.91. The number of benzene rings is 1. The van der Waals surface area contributed by atoms with Crippen molar-refractivity contribution in [3.05, 3.63) is 52.4 Å². The molecule has 3 aliphatic rings. The summed E-state index contributed by atoms with van der Waals surface area (Å²) < 4.78 is 5.18. The summed E-state index contributed by atoms with van der Waals surface area (Å²) in [7, 11) is 0. The highest BCUT2D eigenvalue weighted by Crippen LogP contribution is 2.29. The van der Waals surface area contributed by atoms with Gasteiger partial charge in [-0.2, -0.15) is 0 Å². The minimum absolute atomic E-state index is 0.138. The Morgan fingerprint density at radius 3 is 2.71 bits per heavy atom. The van der Waals surface area contributed by atoms with Crippen molar-refractivity contribution in [3.63, 3.8) is 0 Å². The summed E-state index contributed by atoms with van der Waals surface area (Å²) in [5, 5.41) is 6.22. The van der Waals surface area contributed by atoms with Gasteiger partial charge in [0, 0.05) is 49.2 Å². The Hall–Kier alpha value is -3.93. The predicted molar refractivity (Wildman–Crippen MR) is 124 cm³/mol. The van der Waals surface area contributed by atoms with Gasteiger partial charge in [-0.3, -0.25) is 24.5 Å². The number of nitrogens with zero attached hydrogens (tertiary/aromatic N) is 3. The second kappa shape index (κ2) is 9.37. The molecule has 9 nitrogen and oxygen atoms in total. The van der Waals surface area contributed by atoms with Gasteiger partial charge in [0.25, 0.3) is 11.8 Å². The van der Waals surface area contributed by atoms with Crippen LogP contribution in [-0.2, 0) is 22.6 Å². The first-order valence-electron chi connectivity index (χ1n) is 12.0. The smallest absolute Gasteiger partial charge is 0.292 e. The summed E-state index contributed by atoms with van der Waals surface area (Å²) in [6, 6.07) is 6.50. The summed E-state index contributed by atoms with van der Waals surface area (Å²) in [6.45, 7) is 3.44. The number of piperidine rings is 2. The van der Waals surface area contributed by atoms with Gasteiger partial charge in [-0.1, -0.05) is 30.0 Å². The summed E-state index contributed by atoms with van der Waals surface area (Å²) in [5.41, 5.74) is 2.91. The van der Waals surface area contributed by atoms with Gasteiger partial charge >= 0.3 is 0 Å². The van der Waals surface area contributed by atoms with Crippen molar-refractivity contribution < 1.29 is 23.7 Å². The van der Waals surface area contributed by atoms with Gasteiger partial charge in [0.15, 0.2) is 0 Å². The first-order valence-corrected chi connectivity index (χ1v) is 12.0. The van der Waals surface area contributed by atoms with Crippen LogP contribution in [0.15, 0.2) is 28.8 Å². The van der Waals surface area contributed by atoms with E-state index in [1.54, 1.807) is 23.1 Å². The van der Waals surface area contributed by atoms with E-state index in [4.69, 9.17) is 4.52 Å². The molecule has 0 bridgehead atoms. The molecule has 0 aliphatic carbocycles. The highest BCUT2D eigenvalue weighted by atomic mass is 16.5. The van der Waals surface area contributed by atoms with Gasteiger partial charge in [-0.25, -0.2) is 0 Å². The molecule has 2 saturated heterocycles.